The number of rotatable bonds is 5. The highest BCUT2D eigenvalue weighted by atomic mass is 16.1. The second-order valence-electron chi connectivity index (χ2n) is 5.59. The Kier molecular flexibility index (Phi) is 4.90. The van der Waals surface area contributed by atoms with Crippen LogP contribution in [0.3, 0.4) is 0 Å². The van der Waals surface area contributed by atoms with Gasteiger partial charge in [0, 0.05) is 23.7 Å². The first-order valence-electron chi connectivity index (χ1n) is 6.42. The summed E-state index contributed by atoms with van der Waals surface area (Å²) in [5.74, 6) is -0.133. The maximum absolute atomic E-state index is 11.9. The molecule has 5 nitrogen and oxygen atoms in total. The number of aromatic nitrogens is 2. The van der Waals surface area contributed by atoms with Crippen LogP contribution in [0.5, 0.6) is 0 Å². The Balaban J connectivity index is 2.55. The SMILES string of the molecule is CCN[C@H](C)CNC(=O)c1cc(C(C)(C)C)[nH]n1. The molecule has 0 unspecified atom stereocenters. The number of aromatic amines is 1. The van der Waals surface area contributed by atoms with Crippen LogP contribution in [-0.4, -0.2) is 35.2 Å². The average Bonchev–Trinajstić information content (AvgIpc) is 2.75. The van der Waals surface area contributed by atoms with Gasteiger partial charge in [0.25, 0.3) is 5.91 Å². The molecular formula is C13H24N4O. The van der Waals surface area contributed by atoms with Crippen molar-refractivity contribution < 1.29 is 4.79 Å². The summed E-state index contributed by atoms with van der Waals surface area (Å²) in [6.45, 7) is 11.8. The zero-order chi connectivity index (χ0) is 13.8. The van der Waals surface area contributed by atoms with Gasteiger partial charge in [0.15, 0.2) is 0 Å². The monoisotopic (exact) mass is 252 g/mol. The normalized spacial score (nSPS) is 13.4. The van der Waals surface area contributed by atoms with Crippen molar-refractivity contribution in [3.05, 3.63) is 17.5 Å². The van der Waals surface area contributed by atoms with E-state index in [0.717, 1.165) is 12.2 Å². The molecule has 0 aliphatic rings. The van der Waals surface area contributed by atoms with Gasteiger partial charge in [-0.3, -0.25) is 9.89 Å². The van der Waals surface area contributed by atoms with Gasteiger partial charge in [-0.05, 0) is 19.5 Å². The van der Waals surface area contributed by atoms with Gasteiger partial charge in [0.05, 0.1) is 0 Å². The fourth-order valence-electron chi connectivity index (χ4n) is 1.58. The number of amides is 1. The number of likely N-dealkylation sites (N-methyl/N-ethyl adjacent to an activating group) is 1. The molecule has 18 heavy (non-hydrogen) atoms. The lowest BCUT2D eigenvalue weighted by atomic mass is 9.92. The molecule has 3 N–H and O–H groups in total. The van der Waals surface area contributed by atoms with Crippen LogP contribution < -0.4 is 10.6 Å². The lowest BCUT2D eigenvalue weighted by Gasteiger charge is -2.14. The van der Waals surface area contributed by atoms with Crippen molar-refractivity contribution in [3.63, 3.8) is 0 Å². The minimum atomic E-state index is -0.133. The summed E-state index contributed by atoms with van der Waals surface area (Å²) in [5, 5.41) is 13.1. The summed E-state index contributed by atoms with van der Waals surface area (Å²) in [4.78, 5) is 11.9. The lowest BCUT2D eigenvalue weighted by Crippen LogP contribution is -2.38. The van der Waals surface area contributed by atoms with Crippen molar-refractivity contribution in [1.29, 1.82) is 0 Å². The van der Waals surface area contributed by atoms with E-state index in [1.54, 1.807) is 0 Å². The molecule has 102 valence electrons. The summed E-state index contributed by atoms with van der Waals surface area (Å²) in [7, 11) is 0. The Bertz CT molecular complexity index is 392. The zero-order valence-corrected chi connectivity index (χ0v) is 11.9. The summed E-state index contributed by atoms with van der Waals surface area (Å²) in [6, 6.07) is 2.08. The zero-order valence-electron chi connectivity index (χ0n) is 11.9. The van der Waals surface area contributed by atoms with Gasteiger partial charge in [-0.25, -0.2) is 0 Å². The Labute approximate surface area is 109 Å². The van der Waals surface area contributed by atoms with Crippen LogP contribution in [0.4, 0.5) is 0 Å². The molecule has 0 saturated carbocycles. The minimum absolute atomic E-state index is 0.0252. The molecule has 0 saturated heterocycles. The molecule has 1 aromatic rings. The van der Waals surface area contributed by atoms with E-state index < -0.39 is 0 Å². The first-order valence-corrected chi connectivity index (χ1v) is 6.42. The van der Waals surface area contributed by atoms with Crippen LogP contribution in [0.1, 0.15) is 50.8 Å². The molecule has 0 bridgehead atoms. The molecule has 1 amide bonds. The third kappa shape index (κ3) is 4.14. The number of carbonyl (C=O) groups excluding carboxylic acids is 1. The fraction of sp³-hybridized carbons (Fsp3) is 0.692. The van der Waals surface area contributed by atoms with Crippen LogP contribution in [0, 0.1) is 0 Å². The van der Waals surface area contributed by atoms with Crippen LogP contribution in [0.25, 0.3) is 0 Å². The van der Waals surface area contributed by atoms with Crippen LogP contribution in [0.15, 0.2) is 6.07 Å². The third-order valence-electron chi connectivity index (χ3n) is 2.74. The van der Waals surface area contributed by atoms with E-state index in [1.165, 1.54) is 0 Å². The van der Waals surface area contributed by atoms with E-state index in [-0.39, 0.29) is 17.4 Å². The van der Waals surface area contributed by atoms with Gasteiger partial charge in [0.1, 0.15) is 5.69 Å². The van der Waals surface area contributed by atoms with Crippen molar-refractivity contribution >= 4 is 5.91 Å². The quantitative estimate of drug-likeness (QED) is 0.742. The molecule has 1 rings (SSSR count). The first kappa shape index (κ1) is 14.7. The second-order valence-corrected chi connectivity index (χ2v) is 5.59. The van der Waals surface area contributed by atoms with Gasteiger partial charge in [-0.1, -0.05) is 27.7 Å². The highest BCUT2D eigenvalue weighted by Crippen LogP contribution is 2.20. The molecule has 0 aliphatic heterocycles. The van der Waals surface area contributed by atoms with Gasteiger partial charge in [-0.2, -0.15) is 5.10 Å². The molecule has 0 radical (unpaired) electrons. The van der Waals surface area contributed by atoms with E-state index >= 15 is 0 Å². The standard InChI is InChI=1S/C13H24N4O/c1-6-14-9(2)8-15-12(18)10-7-11(17-16-10)13(3,4)5/h7,9,14H,6,8H2,1-5H3,(H,15,18)(H,16,17)/t9-/m1/s1. The van der Waals surface area contributed by atoms with Crippen molar-refractivity contribution in [3.8, 4) is 0 Å². The fourth-order valence-corrected chi connectivity index (χ4v) is 1.58. The van der Waals surface area contributed by atoms with E-state index in [9.17, 15) is 4.79 Å². The predicted octanol–water partition coefficient (Wildman–Crippen LogP) is 1.43. The summed E-state index contributed by atoms with van der Waals surface area (Å²) >= 11 is 0. The summed E-state index contributed by atoms with van der Waals surface area (Å²) in [5.41, 5.74) is 1.39. The number of hydrogen-bond acceptors (Lipinski definition) is 3. The maximum atomic E-state index is 11.9. The topological polar surface area (TPSA) is 69.8 Å². The number of nitrogens with one attached hydrogen (secondary N) is 3. The van der Waals surface area contributed by atoms with Crippen molar-refractivity contribution in [2.75, 3.05) is 13.1 Å². The number of nitrogens with zero attached hydrogens (tertiary/aromatic N) is 1. The Morgan fingerprint density at radius 3 is 2.67 bits per heavy atom. The molecule has 0 aliphatic carbocycles. The van der Waals surface area contributed by atoms with E-state index in [4.69, 9.17) is 0 Å². The Hall–Kier alpha value is -1.36. The van der Waals surface area contributed by atoms with Gasteiger partial charge in [-0.15, -0.1) is 0 Å². The highest BCUT2D eigenvalue weighted by Gasteiger charge is 2.19. The van der Waals surface area contributed by atoms with Gasteiger partial charge >= 0.3 is 0 Å². The predicted molar refractivity (Wildman–Crippen MR) is 72.8 cm³/mol. The molecule has 0 fully saturated rings. The van der Waals surface area contributed by atoms with Crippen LogP contribution in [-0.2, 0) is 5.41 Å². The van der Waals surface area contributed by atoms with Crippen molar-refractivity contribution in [2.45, 2.75) is 46.1 Å². The summed E-state index contributed by atoms with van der Waals surface area (Å²) in [6.07, 6.45) is 0. The van der Waals surface area contributed by atoms with Crippen molar-refractivity contribution in [1.82, 2.24) is 20.8 Å². The van der Waals surface area contributed by atoms with Gasteiger partial charge in [0.2, 0.25) is 0 Å². The molecule has 0 aromatic carbocycles. The summed E-state index contributed by atoms with van der Waals surface area (Å²) < 4.78 is 0. The lowest BCUT2D eigenvalue weighted by molar-refractivity contribution is 0.0945. The van der Waals surface area contributed by atoms with E-state index in [0.29, 0.717) is 12.2 Å². The Morgan fingerprint density at radius 2 is 2.17 bits per heavy atom. The van der Waals surface area contributed by atoms with Crippen LogP contribution in [0.2, 0.25) is 0 Å². The number of carbonyl (C=O) groups is 1. The Morgan fingerprint density at radius 1 is 1.50 bits per heavy atom. The molecule has 5 heteroatoms. The number of H-pyrrole nitrogens is 1. The largest absolute Gasteiger partial charge is 0.349 e. The molecule has 1 atom stereocenters. The average molecular weight is 252 g/mol. The van der Waals surface area contributed by atoms with Gasteiger partial charge < -0.3 is 10.6 Å². The van der Waals surface area contributed by atoms with Crippen molar-refractivity contribution in [2.24, 2.45) is 0 Å². The molecule has 1 aromatic heterocycles. The minimum Gasteiger partial charge on any atom is -0.349 e. The first-order chi connectivity index (χ1) is 8.34. The smallest absolute Gasteiger partial charge is 0.271 e. The molecule has 0 spiro atoms. The molecular weight excluding hydrogens is 228 g/mol. The van der Waals surface area contributed by atoms with Crippen LogP contribution >= 0.6 is 0 Å². The second kappa shape index (κ2) is 6.00. The third-order valence-corrected chi connectivity index (χ3v) is 2.74. The van der Waals surface area contributed by atoms with E-state index in [1.807, 2.05) is 19.9 Å². The maximum Gasteiger partial charge on any atom is 0.271 e. The molecule has 1 heterocycles. The number of hydrogen-bond donors (Lipinski definition) is 3. The highest BCUT2D eigenvalue weighted by molar-refractivity contribution is 5.92. The van der Waals surface area contributed by atoms with E-state index in [2.05, 4.69) is 41.6 Å².